The van der Waals surface area contributed by atoms with E-state index in [0.29, 0.717) is 35.0 Å². The van der Waals surface area contributed by atoms with Gasteiger partial charge in [-0.3, -0.25) is 4.79 Å². The van der Waals surface area contributed by atoms with Gasteiger partial charge in [-0.15, -0.1) is 0 Å². The molecule has 21 heavy (non-hydrogen) atoms. The fourth-order valence-electron chi connectivity index (χ4n) is 1.95. The van der Waals surface area contributed by atoms with Crippen LogP contribution in [0.4, 0.5) is 11.4 Å². The molecule has 3 N–H and O–H groups in total. The number of halogens is 1. The van der Waals surface area contributed by atoms with E-state index in [1.807, 2.05) is 24.3 Å². The lowest BCUT2D eigenvalue weighted by Crippen LogP contribution is -2.12. The largest absolute Gasteiger partial charge is 0.497 e. The first-order valence-corrected chi connectivity index (χ1v) is 6.94. The Balaban J connectivity index is 1.96. The Bertz CT molecular complexity index is 644. The van der Waals surface area contributed by atoms with Crippen molar-refractivity contribution in [2.24, 2.45) is 0 Å². The molecule has 0 radical (unpaired) electrons. The zero-order chi connectivity index (χ0) is 15.2. The normalized spacial score (nSPS) is 10.2. The number of rotatable bonds is 5. The number of hydrogen-bond donors (Lipinski definition) is 2. The van der Waals surface area contributed by atoms with Crippen LogP contribution >= 0.6 is 11.6 Å². The Morgan fingerprint density at radius 3 is 2.81 bits per heavy atom. The second-order valence-corrected chi connectivity index (χ2v) is 5.05. The zero-order valence-corrected chi connectivity index (χ0v) is 12.5. The number of anilines is 2. The van der Waals surface area contributed by atoms with E-state index in [0.717, 1.165) is 5.56 Å². The monoisotopic (exact) mass is 304 g/mol. The molecular formula is C16H17ClN2O2. The highest BCUT2D eigenvalue weighted by molar-refractivity contribution is 6.33. The SMILES string of the molecule is COc1ccc(Cl)c(NC(=O)CCc2cccc(N)c2)c1. The molecule has 0 aliphatic carbocycles. The first kappa shape index (κ1) is 15.2. The second kappa shape index (κ2) is 6.99. The van der Waals surface area contributed by atoms with E-state index < -0.39 is 0 Å². The Labute approximate surface area is 128 Å². The number of nitrogen functional groups attached to an aromatic ring is 1. The molecule has 0 fully saturated rings. The Hall–Kier alpha value is -2.20. The van der Waals surface area contributed by atoms with Gasteiger partial charge in [0.1, 0.15) is 5.75 Å². The van der Waals surface area contributed by atoms with Crippen molar-refractivity contribution in [3.63, 3.8) is 0 Å². The van der Waals surface area contributed by atoms with Crippen molar-refractivity contribution in [2.45, 2.75) is 12.8 Å². The summed E-state index contributed by atoms with van der Waals surface area (Å²) in [6, 6.07) is 12.6. The molecule has 0 saturated heterocycles. The number of methoxy groups -OCH3 is 1. The van der Waals surface area contributed by atoms with E-state index in [4.69, 9.17) is 22.1 Å². The first-order valence-electron chi connectivity index (χ1n) is 6.56. The van der Waals surface area contributed by atoms with Crippen molar-refractivity contribution in [3.8, 4) is 5.75 Å². The van der Waals surface area contributed by atoms with Crippen molar-refractivity contribution in [1.29, 1.82) is 0 Å². The molecule has 2 aromatic carbocycles. The van der Waals surface area contributed by atoms with Gasteiger partial charge in [0.05, 0.1) is 17.8 Å². The third kappa shape index (κ3) is 4.39. The molecule has 5 heteroatoms. The number of carbonyl (C=O) groups excluding carboxylic acids is 1. The fraction of sp³-hybridized carbons (Fsp3) is 0.188. The van der Waals surface area contributed by atoms with Gasteiger partial charge in [0, 0.05) is 18.2 Å². The molecule has 0 saturated carbocycles. The summed E-state index contributed by atoms with van der Waals surface area (Å²) in [7, 11) is 1.56. The molecule has 0 atom stereocenters. The van der Waals surface area contributed by atoms with Crippen LogP contribution in [-0.4, -0.2) is 13.0 Å². The highest BCUT2D eigenvalue weighted by Crippen LogP contribution is 2.26. The van der Waals surface area contributed by atoms with E-state index >= 15 is 0 Å². The molecule has 1 amide bonds. The zero-order valence-electron chi connectivity index (χ0n) is 11.7. The molecule has 0 aliphatic heterocycles. The molecule has 110 valence electrons. The minimum atomic E-state index is -0.104. The Kier molecular flexibility index (Phi) is 5.06. The van der Waals surface area contributed by atoms with Crippen LogP contribution in [0.2, 0.25) is 5.02 Å². The maximum absolute atomic E-state index is 12.0. The van der Waals surface area contributed by atoms with Crippen LogP contribution in [0, 0.1) is 0 Å². The number of hydrogen-bond acceptors (Lipinski definition) is 3. The van der Waals surface area contributed by atoms with Gasteiger partial charge in [-0.05, 0) is 36.2 Å². The number of nitrogens with two attached hydrogens (primary N) is 1. The fourth-order valence-corrected chi connectivity index (χ4v) is 2.11. The summed E-state index contributed by atoms with van der Waals surface area (Å²) in [5.74, 6) is 0.540. The van der Waals surface area contributed by atoms with Crippen molar-refractivity contribution in [1.82, 2.24) is 0 Å². The standard InChI is InChI=1S/C16H17ClN2O2/c1-21-13-6-7-14(17)15(10-13)19-16(20)8-5-11-3-2-4-12(18)9-11/h2-4,6-7,9-10H,5,8,18H2,1H3,(H,19,20). The summed E-state index contributed by atoms with van der Waals surface area (Å²) in [6.07, 6.45) is 0.982. The van der Waals surface area contributed by atoms with Crippen LogP contribution in [0.3, 0.4) is 0 Å². The van der Waals surface area contributed by atoms with Crippen molar-refractivity contribution < 1.29 is 9.53 Å². The highest BCUT2D eigenvalue weighted by atomic mass is 35.5. The average molecular weight is 305 g/mol. The number of ether oxygens (including phenoxy) is 1. The lowest BCUT2D eigenvalue weighted by Gasteiger charge is -2.09. The molecule has 0 unspecified atom stereocenters. The number of carbonyl (C=O) groups is 1. The lowest BCUT2D eigenvalue weighted by atomic mass is 10.1. The highest BCUT2D eigenvalue weighted by Gasteiger charge is 2.07. The van der Waals surface area contributed by atoms with Crippen LogP contribution < -0.4 is 15.8 Å². The number of benzene rings is 2. The Morgan fingerprint density at radius 1 is 1.29 bits per heavy atom. The molecule has 2 rings (SSSR count). The summed E-state index contributed by atoms with van der Waals surface area (Å²) >= 11 is 6.05. The first-order chi connectivity index (χ1) is 10.1. The minimum Gasteiger partial charge on any atom is -0.497 e. The quantitative estimate of drug-likeness (QED) is 0.831. The molecule has 0 aliphatic rings. The summed E-state index contributed by atoms with van der Waals surface area (Å²) in [5, 5.41) is 3.27. The lowest BCUT2D eigenvalue weighted by molar-refractivity contribution is -0.116. The average Bonchev–Trinajstić information content (AvgIpc) is 2.47. The number of amides is 1. The molecular weight excluding hydrogens is 288 g/mol. The molecule has 4 nitrogen and oxygen atoms in total. The van der Waals surface area contributed by atoms with E-state index in [9.17, 15) is 4.79 Å². The van der Waals surface area contributed by atoms with Crippen LogP contribution in [0.15, 0.2) is 42.5 Å². The van der Waals surface area contributed by atoms with E-state index in [2.05, 4.69) is 5.32 Å². The number of aryl methyl sites for hydroxylation is 1. The van der Waals surface area contributed by atoms with E-state index in [-0.39, 0.29) is 5.91 Å². The van der Waals surface area contributed by atoms with Gasteiger partial charge in [-0.2, -0.15) is 0 Å². The smallest absolute Gasteiger partial charge is 0.224 e. The van der Waals surface area contributed by atoms with Gasteiger partial charge >= 0.3 is 0 Å². The van der Waals surface area contributed by atoms with E-state index in [1.165, 1.54) is 0 Å². The molecule has 0 aromatic heterocycles. The van der Waals surface area contributed by atoms with E-state index in [1.54, 1.807) is 25.3 Å². The summed E-state index contributed by atoms with van der Waals surface area (Å²) in [6.45, 7) is 0. The van der Waals surface area contributed by atoms with Crippen molar-refractivity contribution >= 4 is 28.9 Å². The van der Waals surface area contributed by atoms with Crippen LogP contribution in [0.25, 0.3) is 0 Å². The van der Waals surface area contributed by atoms with Crippen LogP contribution in [-0.2, 0) is 11.2 Å². The topological polar surface area (TPSA) is 64.3 Å². The molecule has 0 bridgehead atoms. The maximum Gasteiger partial charge on any atom is 0.224 e. The predicted octanol–water partition coefficient (Wildman–Crippen LogP) is 3.50. The van der Waals surface area contributed by atoms with Crippen molar-refractivity contribution in [3.05, 3.63) is 53.1 Å². The summed E-state index contributed by atoms with van der Waals surface area (Å²) in [4.78, 5) is 12.0. The van der Waals surface area contributed by atoms with Gasteiger partial charge in [0.2, 0.25) is 5.91 Å². The second-order valence-electron chi connectivity index (χ2n) is 4.64. The van der Waals surface area contributed by atoms with Gasteiger partial charge < -0.3 is 15.8 Å². The predicted molar refractivity (Wildman–Crippen MR) is 85.8 cm³/mol. The third-order valence-electron chi connectivity index (χ3n) is 3.04. The maximum atomic E-state index is 12.0. The molecule has 0 heterocycles. The summed E-state index contributed by atoms with van der Waals surface area (Å²) < 4.78 is 5.11. The third-order valence-corrected chi connectivity index (χ3v) is 3.37. The minimum absolute atomic E-state index is 0.104. The van der Waals surface area contributed by atoms with Crippen molar-refractivity contribution in [2.75, 3.05) is 18.2 Å². The van der Waals surface area contributed by atoms with Crippen LogP contribution in [0.1, 0.15) is 12.0 Å². The van der Waals surface area contributed by atoms with Gasteiger partial charge in [0.15, 0.2) is 0 Å². The molecule has 2 aromatic rings. The summed E-state index contributed by atoms with van der Waals surface area (Å²) in [5.41, 5.74) is 7.99. The van der Waals surface area contributed by atoms with Crippen LogP contribution in [0.5, 0.6) is 5.75 Å². The molecule has 0 spiro atoms. The van der Waals surface area contributed by atoms with Gasteiger partial charge in [-0.25, -0.2) is 0 Å². The number of nitrogens with one attached hydrogen (secondary N) is 1. The van der Waals surface area contributed by atoms with Gasteiger partial charge in [0.25, 0.3) is 0 Å². The Morgan fingerprint density at radius 2 is 2.10 bits per heavy atom. The van der Waals surface area contributed by atoms with Gasteiger partial charge in [-0.1, -0.05) is 23.7 Å².